The molecule has 1 unspecified atom stereocenters. The maximum atomic E-state index is 6.70. The van der Waals surface area contributed by atoms with Gasteiger partial charge in [-0.2, -0.15) is 0 Å². The predicted octanol–water partition coefficient (Wildman–Crippen LogP) is 13.9. The zero-order valence-electron chi connectivity index (χ0n) is 30.1. The van der Waals surface area contributed by atoms with Gasteiger partial charge in [0.25, 0.3) is 0 Å². The van der Waals surface area contributed by atoms with Crippen molar-refractivity contribution in [3.63, 3.8) is 0 Å². The highest BCUT2D eigenvalue weighted by Crippen LogP contribution is 2.44. The summed E-state index contributed by atoms with van der Waals surface area (Å²) < 4.78 is 11.6. The van der Waals surface area contributed by atoms with E-state index in [9.17, 15) is 0 Å². The van der Waals surface area contributed by atoms with Crippen molar-refractivity contribution in [1.82, 2.24) is 9.13 Å². The number of furan rings is 1. The van der Waals surface area contributed by atoms with E-state index in [1.807, 2.05) is 0 Å². The lowest BCUT2D eigenvalue weighted by atomic mass is 9.85. The standard InChI is InChI=1S/C52H36N2O/c1-3-19-39(20-4-1)53-47-29-9-7-23-43(47)45-27-13-25-41(51(45)53)35-15-11-17-37(33-35)49-31-32-50(55-49)38-18-12-16-36(34-38)42-26-14-28-46-44-24-8-10-30-48(44)54(52(42)46)40-21-5-2-6-22-40/h1-25,27-34,42H,26H2. The zero-order valence-corrected chi connectivity index (χ0v) is 30.1. The van der Waals surface area contributed by atoms with Crippen LogP contribution in [0.4, 0.5) is 0 Å². The summed E-state index contributed by atoms with van der Waals surface area (Å²) in [5.74, 6) is 1.92. The van der Waals surface area contributed by atoms with Gasteiger partial charge in [-0.1, -0.05) is 140 Å². The first-order valence-corrected chi connectivity index (χ1v) is 19.0. The number of benzene rings is 7. The summed E-state index contributed by atoms with van der Waals surface area (Å²) in [6.07, 6.45) is 5.58. The van der Waals surface area contributed by atoms with Crippen LogP contribution in [-0.2, 0) is 0 Å². The topological polar surface area (TPSA) is 23.0 Å². The molecule has 0 saturated carbocycles. The Morgan fingerprint density at radius 3 is 1.80 bits per heavy atom. The Morgan fingerprint density at radius 1 is 0.455 bits per heavy atom. The molecule has 1 aliphatic carbocycles. The highest BCUT2D eigenvalue weighted by Gasteiger charge is 2.27. The second-order valence-electron chi connectivity index (χ2n) is 14.4. The van der Waals surface area contributed by atoms with Crippen LogP contribution in [0.25, 0.3) is 83.9 Å². The molecule has 11 rings (SSSR count). The van der Waals surface area contributed by atoms with E-state index in [4.69, 9.17) is 4.42 Å². The van der Waals surface area contributed by atoms with Crippen LogP contribution in [0.5, 0.6) is 0 Å². The van der Waals surface area contributed by atoms with Crippen molar-refractivity contribution in [2.24, 2.45) is 0 Å². The third-order valence-corrected chi connectivity index (χ3v) is 11.3. The molecule has 7 aromatic carbocycles. The number of para-hydroxylation sites is 5. The van der Waals surface area contributed by atoms with E-state index < -0.39 is 0 Å². The molecule has 10 aromatic rings. The van der Waals surface area contributed by atoms with Gasteiger partial charge in [0, 0.05) is 61.4 Å². The average Bonchev–Trinajstić information content (AvgIpc) is 3.98. The summed E-state index contributed by atoms with van der Waals surface area (Å²) in [4.78, 5) is 0. The van der Waals surface area contributed by atoms with Crippen LogP contribution in [0.15, 0.2) is 199 Å². The first-order valence-electron chi connectivity index (χ1n) is 19.0. The van der Waals surface area contributed by atoms with Crippen molar-refractivity contribution in [3.05, 3.63) is 211 Å². The first-order chi connectivity index (χ1) is 27.3. The lowest BCUT2D eigenvalue weighted by Gasteiger charge is -2.24. The largest absolute Gasteiger partial charge is 0.456 e. The Labute approximate surface area is 319 Å². The minimum atomic E-state index is 0.202. The van der Waals surface area contributed by atoms with Gasteiger partial charge >= 0.3 is 0 Å². The lowest BCUT2D eigenvalue weighted by Crippen LogP contribution is -2.11. The fraction of sp³-hybridized carbons (Fsp3) is 0.0385. The Hall–Kier alpha value is -7.10. The molecular weight excluding hydrogens is 669 g/mol. The minimum absolute atomic E-state index is 0.202. The van der Waals surface area contributed by atoms with Crippen LogP contribution in [-0.4, -0.2) is 9.13 Å². The molecule has 0 saturated heterocycles. The first kappa shape index (κ1) is 31.4. The second kappa shape index (κ2) is 12.8. The highest BCUT2D eigenvalue weighted by atomic mass is 16.3. The van der Waals surface area contributed by atoms with Crippen LogP contribution in [0, 0.1) is 0 Å². The number of aromatic nitrogens is 2. The summed E-state index contributed by atoms with van der Waals surface area (Å²) in [5, 5.41) is 3.78. The van der Waals surface area contributed by atoms with Gasteiger partial charge in [0.15, 0.2) is 0 Å². The van der Waals surface area contributed by atoms with Crippen molar-refractivity contribution in [3.8, 4) is 45.1 Å². The Kier molecular flexibility index (Phi) is 7.31. The monoisotopic (exact) mass is 704 g/mol. The van der Waals surface area contributed by atoms with E-state index in [1.54, 1.807) is 0 Å². The number of nitrogens with zero attached hydrogens (tertiary/aromatic N) is 2. The maximum absolute atomic E-state index is 6.70. The molecule has 3 nitrogen and oxygen atoms in total. The van der Waals surface area contributed by atoms with Crippen molar-refractivity contribution < 1.29 is 4.42 Å². The van der Waals surface area contributed by atoms with Crippen LogP contribution in [0.3, 0.4) is 0 Å². The average molecular weight is 705 g/mol. The normalized spacial score (nSPS) is 13.9. The highest BCUT2D eigenvalue weighted by molar-refractivity contribution is 6.13. The van der Waals surface area contributed by atoms with Gasteiger partial charge in [-0.25, -0.2) is 0 Å². The number of fused-ring (bicyclic) bond motifs is 6. The van der Waals surface area contributed by atoms with Crippen molar-refractivity contribution in [2.75, 3.05) is 0 Å². The molecule has 0 bridgehead atoms. The fourth-order valence-corrected chi connectivity index (χ4v) is 8.88. The van der Waals surface area contributed by atoms with Crippen LogP contribution in [0.1, 0.15) is 29.2 Å². The molecule has 0 aliphatic heterocycles. The SMILES string of the molecule is C1=Cc2c(n(-c3ccccc3)c3ccccc23)C(c2cccc(-c3ccc(-c4cccc(-c5cccc6c7ccccc7n(-c7ccccc7)c56)c4)o3)c2)C1. The Balaban J connectivity index is 0.978. The van der Waals surface area contributed by atoms with E-state index in [0.29, 0.717) is 0 Å². The van der Waals surface area contributed by atoms with Gasteiger partial charge < -0.3 is 13.6 Å². The van der Waals surface area contributed by atoms with Gasteiger partial charge in [-0.15, -0.1) is 0 Å². The van der Waals surface area contributed by atoms with Crippen LogP contribution >= 0.6 is 0 Å². The van der Waals surface area contributed by atoms with Crippen molar-refractivity contribution in [2.45, 2.75) is 12.3 Å². The van der Waals surface area contributed by atoms with Gasteiger partial charge in [0.2, 0.25) is 0 Å². The number of rotatable bonds is 6. The summed E-state index contributed by atoms with van der Waals surface area (Å²) in [7, 11) is 0. The Morgan fingerprint density at radius 2 is 1.04 bits per heavy atom. The molecule has 0 radical (unpaired) electrons. The molecule has 3 heteroatoms. The molecule has 1 aliphatic rings. The van der Waals surface area contributed by atoms with Gasteiger partial charge in [0.05, 0.1) is 16.6 Å². The van der Waals surface area contributed by atoms with Crippen LogP contribution in [0.2, 0.25) is 0 Å². The molecule has 55 heavy (non-hydrogen) atoms. The molecule has 3 aromatic heterocycles. The lowest BCUT2D eigenvalue weighted by molar-refractivity contribution is 0.597. The second-order valence-corrected chi connectivity index (χ2v) is 14.4. The molecule has 0 amide bonds. The van der Waals surface area contributed by atoms with Gasteiger partial charge in [-0.05, 0) is 78.2 Å². The van der Waals surface area contributed by atoms with Crippen LogP contribution < -0.4 is 0 Å². The third kappa shape index (κ3) is 5.12. The minimum Gasteiger partial charge on any atom is -0.456 e. The smallest absolute Gasteiger partial charge is 0.134 e. The molecular formula is C52H36N2O. The summed E-state index contributed by atoms with van der Waals surface area (Å²) in [6, 6.07) is 67.5. The molecule has 3 heterocycles. The van der Waals surface area contributed by atoms with E-state index in [0.717, 1.165) is 40.3 Å². The molecule has 1 atom stereocenters. The van der Waals surface area contributed by atoms with Crippen molar-refractivity contribution >= 4 is 38.8 Å². The quantitative estimate of drug-likeness (QED) is 0.169. The summed E-state index contributed by atoms with van der Waals surface area (Å²) in [5.41, 5.74) is 14.4. The Bertz CT molecular complexity index is 3070. The number of hydrogen-bond donors (Lipinski definition) is 0. The number of hydrogen-bond acceptors (Lipinski definition) is 1. The predicted molar refractivity (Wildman–Crippen MR) is 228 cm³/mol. The van der Waals surface area contributed by atoms with E-state index in [2.05, 4.69) is 209 Å². The van der Waals surface area contributed by atoms with E-state index in [1.165, 1.54) is 60.8 Å². The number of allylic oxidation sites excluding steroid dienone is 1. The summed E-state index contributed by atoms with van der Waals surface area (Å²) >= 11 is 0. The van der Waals surface area contributed by atoms with E-state index >= 15 is 0 Å². The summed E-state index contributed by atoms with van der Waals surface area (Å²) in [6.45, 7) is 0. The fourth-order valence-electron chi connectivity index (χ4n) is 8.88. The zero-order chi connectivity index (χ0) is 36.3. The third-order valence-electron chi connectivity index (χ3n) is 11.3. The van der Waals surface area contributed by atoms with E-state index in [-0.39, 0.29) is 5.92 Å². The molecule has 260 valence electrons. The van der Waals surface area contributed by atoms with Gasteiger partial charge in [0.1, 0.15) is 11.5 Å². The maximum Gasteiger partial charge on any atom is 0.134 e. The van der Waals surface area contributed by atoms with Crippen molar-refractivity contribution in [1.29, 1.82) is 0 Å². The van der Waals surface area contributed by atoms with Gasteiger partial charge in [-0.3, -0.25) is 0 Å². The molecule has 0 fully saturated rings. The molecule has 0 spiro atoms. The molecule has 0 N–H and O–H groups in total.